The maximum absolute atomic E-state index is 12.2. The number of nitro benzene ring substituents is 1. The van der Waals surface area contributed by atoms with Crippen LogP contribution in [-0.4, -0.2) is 24.6 Å². The molecule has 9 heteroatoms. The van der Waals surface area contributed by atoms with E-state index in [1.165, 1.54) is 0 Å². The van der Waals surface area contributed by atoms with Crippen LogP contribution in [0.4, 0.5) is 14.5 Å². The number of rotatable bonds is 5. The van der Waals surface area contributed by atoms with E-state index in [2.05, 4.69) is 9.47 Å². The van der Waals surface area contributed by atoms with E-state index in [9.17, 15) is 23.7 Å². The molecule has 0 aliphatic rings. The molecule has 1 aromatic carbocycles. The minimum Gasteiger partial charge on any atom is -0.465 e. The van der Waals surface area contributed by atoms with Crippen molar-refractivity contribution in [2.24, 2.45) is 0 Å². The van der Waals surface area contributed by atoms with Gasteiger partial charge in [-0.15, -0.1) is 11.6 Å². The Morgan fingerprint density at radius 1 is 1.53 bits per heavy atom. The van der Waals surface area contributed by atoms with Crippen LogP contribution >= 0.6 is 11.6 Å². The van der Waals surface area contributed by atoms with Gasteiger partial charge in [0.2, 0.25) is 0 Å². The zero-order chi connectivity index (χ0) is 14.6. The van der Waals surface area contributed by atoms with Gasteiger partial charge in [-0.1, -0.05) is 0 Å². The number of nitro groups is 1. The number of hydrogen-bond acceptors (Lipinski definition) is 5. The number of ether oxygens (including phenoxy) is 2. The van der Waals surface area contributed by atoms with Crippen molar-refractivity contribution in [3.05, 3.63) is 33.4 Å². The Labute approximate surface area is 111 Å². The number of alkyl halides is 3. The van der Waals surface area contributed by atoms with Gasteiger partial charge in [-0.25, -0.2) is 4.79 Å². The zero-order valence-electron chi connectivity index (χ0n) is 9.56. The van der Waals surface area contributed by atoms with E-state index in [0.29, 0.717) is 0 Å². The first kappa shape index (κ1) is 15.1. The summed E-state index contributed by atoms with van der Waals surface area (Å²) < 4.78 is 32.9. The van der Waals surface area contributed by atoms with Crippen LogP contribution in [0.2, 0.25) is 0 Å². The van der Waals surface area contributed by atoms with Crippen LogP contribution in [0.3, 0.4) is 0 Å². The number of carbonyl (C=O) groups is 1. The van der Waals surface area contributed by atoms with Gasteiger partial charge in [0.25, 0.3) is 5.69 Å². The highest BCUT2D eigenvalue weighted by Crippen LogP contribution is 2.31. The molecule has 0 heterocycles. The predicted molar refractivity (Wildman–Crippen MR) is 60.6 cm³/mol. The molecule has 1 rings (SSSR count). The molecule has 0 aliphatic heterocycles. The van der Waals surface area contributed by atoms with Gasteiger partial charge >= 0.3 is 12.6 Å². The van der Waals surface area contributed by atoms with Crippen LogP contribution in [0.5, 0.6) is 5.75 Å². The molecule has 19 heavy (non-hydrogen) atoms. The Bertz CT molecular complexity index is 509. The van der Waals surface area contributed by atoms with Crippen molar-refractivity contribution in [3.63, 3.8) is 0 Å². The average molecular weight is 296 g/mol. The van der Waals surface area contributed by atoms with Crippen LogP contribution in [0, 0.1) is 10.1 Å². The second-order valence-electron chi connectivity index (χ2n) is 3.24. The number of methoxy groups -OCH3 is 1. The van der Waals surface area contributed by atoms with E-state index < -0.39 is 34.5 Å². The van der Waals surface area contributed by atoms with Crippen LogP contribution < -0.4 is 4.74 Å². The quantitative estimate of drug-likeness (QED) is 0.361. The average Bonchev–Trinajstić information content (AvgIpc) is 2.36. The lowest BCUT2D eigenvalue weighted by Gasteiger charge is -2.10. The van der Waals surface area contributed by atoms with Crippen LogP contribution in [0.1, 0.15) is 15.9 Å². The molecule has 0 spiro atoms. The molecule has 1 aromatic rings. The lowest BCUT2D eigenvalue weighted by molar-refractivity contribution is -0.385. The Balaban J connectivity index is 3.42. The van der Waals surface area contributed by atoms with E-state index in [-0.39, 0.29) is 11.4 Å². The number of nitrogens with zero attached hydrogens (tertiary/aromatic N) is 1. The van der Waals surface area contributed by atoms with Crippen molar-refractivity contribution in [2.75, 3.05) is 7.11 Å². The molecule has 104 valence electrons. The summed E-state index contributed by atoms with van der Waals surface area (Å²) >= 11 is 5.49. The second kappa shape index (κ2) is 6.28. The SMILES string of the molecule is COC(=O)c1cc(OC(F)F)c(CCl)cc1[N+](=O)[O-]. The van der Waals surface area contributed by atoms with Gasteiger partial charge in [0.1, 0.15) is 11.3 Å². The number of esters is 1. The Hall–Kier alpha value is -1.96. The topological polar surface area (TPSA) is 78.7 Å². The first-order chi connectivity index (χ1) is 8.90. The molecule has 0 N–H and O–H groups in total. The van der Waals surface area contributed by atoms with Gasteiger partial charge < -0.3 is 9.47 Å². The molecule has 0 aliphatic carbocycles. The van der Waals surface area contributed by atoms with Crippen molar-refractivity contribution in [3.8, 4) is 5.75 Å². The molecule has 0 aromatic heterocycles. The minimum absolute atomic E-state index is 0.0266. The highest BCUT2D eigenvalue weighted by molar-refractivity contribution is 6.17. The van der Waals surface area contributed by atoms with Gasteiger partial charge in [-0.05, 0) is 0 Å². The lowest BCUT2D eigenvalue weighted by atomic mass is 10.1. The monoisotopic (exact) mass is 295 g/mol. The Morgan fingerprint density at radius 2 is 2.16 bits per heavy atom. The number of carbonyl (C=O) groups excluding carboxylic acids is 1. The van der Waals surface area contributed by atoms with Gasteiger partial charge in [-0.2, -0.15) is 8.78 Å². The number of hydrogen-bond donors (Lipinski definition) is 0. The fourth-order valence-corrected chi connectivity index (χ4v) is 1.56. The van der Waals surface area contributed by atoms with E-state index in [0.717, 1.165) is 19.2 Å². The number of halogens is 3. The van der Waals surface area contributed by atoms with E-state index in [1.807, 2.05) is 0 Å². The lowest BCUT2D eigenvalue weighted by Crippen LogP contribution is -2.10. The minimum atomic E-state index is -3.14. The van der Waals surface area contributed by atoms with Gasteiger partial charge in [0, 0.05) is 17.7 Å². The van der Waals surface area contributed by atoms with Crippen molar-refractivity contribution >= 4 is 23.3 Å². The highest BCUT2D eigenvalue weighted by Gasteiger charge is 2.25. The highest BCUT2D eigenvalue weighted by atomic mass is 35.5. The van der Waals surface area contributed by atoms with E-state index in [4.69, 9.17) is 11.6 Å². The summed E-state index contributed by atoms with van der Waals surface area (Å²) in [5.41, 5.74) is -1.11. The van der Waals surface area contributed by atoms with Crippen LogP contribution in [-0.2, 0) is 10.6 Å². The maximum Gasteiger partial charge on any atom is 0.387 e. The Kier molecular flexibility index (Phi) is 4.99. The molecule has 0 atom stereocenters. The fourth-order valence-electron chi connectivity index (χ4n) is 1.35. The van der Waals surface area contributed by atoms with Crippen molar-refractivity contribution in [2.45, 2.75) is 12.5 Å². The van der Waals surface area contributed by atoms with E-state index in [1.54, 1.807) is 0 Å². The van der Waals surface area contributed by atoms with E-state index >= 15 is 0 Å². The van der Waals surface area contributed by atoms with Crippen molar-refractivity contribution in [1.82, 2.24) is 0 Å². The van der Waals surface area contributed by atoms with Crippen molar-refractivity contribution in [1.29, 1.82) is 0 Å². The van der Waals surface area contributed by atoms with Crippen LogP contribution in [0.15, 0.2) is 12.1 Å². The number of benzene rings is 1. The van der Waals surface area contributed by atoms with Gasteiger partial charge in [0.15, 0.2) is 0 Å². The molecular weight excluding hydrogens is 288 g/mol. The summed E-state index contributed by atoms with van der Waals surface area (Å²) in [7, 11) is 1.01. The maximum atomic E-state index is 12.2. The summed E-state index contributed by atoms with van der Waals surface area (Å²) in [6.07, 6.45) is 0. The molecule has 0 saturated heterocycles. The smallest absolute Gasteiger partial charge is 0.387 e. The van der Waals surface area contributed by atoms with Gasteiger partial charge in [-0.3, -0.25) is 10.1 Å². The Morgan fingerprint density at radius 3 is 2.58 bits per heavy atom. The normalized spacial score (nSPS) is 10.4. The molecule has 0 fully saturated rings. The fraction of sp³-hybridized carbons (Fsp3) is 0.300. The first-order valence-corrected chi connectivity index (χ1v) is 5.34. The van der Waals surface area contributed by atoms with Crippen LogP contribution in [0.25, 0.3) is 0 Å². The molecule has 0 saturated carbocycles. The summed E-state index contributed by atoms with van der Waals surface area (Å²) in [6.45, 7) is -3.14. The largest absolute Gasteiger partial charge is 0.465 e. The third-order valence-electron chi connectivity index (χ3n) is 2.14. The molecule has 6 nitrogen and oxygen atoms in total. The summed E-state index contributed by atoms with van der Waals surface area (Å²) in [5, 5.41) is 10.8. The standard InChI is InChI=1S/C10H8ClF2NO5/c1-18-9(15)6-3-8(19-10(12)13)5(4-11)2-7(6)14(16)17/h2-3,10H,4H2,1H3. The van der Waals surface area contributed by atoms with Crippen molar-refractivity contribution < 1.29 is 28.0 Å². The molecule has 0 bridgehead atoms. The van der Waals surface area contributed by atoms with Gasteiger partial charge in [0.05, 0.1) is 17.9 Å². The summed E-state index contributed by atoms with van der Waals surface area (Å²) in [5.74, 6) is -1.73. The predicted octanol–water partition coefficient (Wildman–Crippen LogP) is 2.72. The molecule has 0 amide bonds. The first-order valence-electron chi connectivity index (χ1n) is 4.81. The molecule has 0 unspecified atom stereocenters. The summed E-state index contributed by atoms with van der Waals surface area (Å²) in [4.78, 5) is 21.3. The third-order valence-corrected chi connectivity index (χ3v) is 2.43. The summed E-state index contributed by atoms with van der Waals surface area (Å²) in [6, 6.07) is 1.71. The molecular formula is C10H8ClF2NO5. The third kappa shape index (κ3) is 3.50. The zero-order valence-corrected chi connectivity index (χ0v) is 10.3. The second-order valence-corrected chi connectivity index (χ2v) is 3.51. The molecule has 0 radical (unpaired) electrons.